The van der Waals surface area contributed by atoms with E-state index in [4.69, 9.17) is 4.74 Å². The molecule has 3 rings (SSSR count). The highest BCUT2D eigenvalue weighted by molar-refractivity contribution is 7.99. The van der Waals surface area contributed by atoms with E-state index in [1.54, 1.807) is 23.9 Å². The van der Waals surface area contributed by atoms with Gasteiger partial charge in [-0.05, 0) is 48.4 Å². The van der Waals surface area contributed by atoms with Crippen LogP contribution >= 0.6 is 11.8 Å². The Hall–Kier alpha value is -2.52. The van der Waals surface area contributed by atoms with Crippen LogP contribution in [0, 0.1) is 0 Å². The van der Waals surface area contributed by atoms with Crippen LogP contribution in [0.3, 0.4) is 0 Å². The zero-order valence-electron chi connectivity index (χ0n) is 13.2. The van der Waals surface area contributed by atoms with E-state index in [-0.39, 0.29) is 5.97 Å². The molecule has 0 saturated heterocycles. The predicted molar refractivity (Wildman–Crippen MR) is 98.7 cm³/mol. The number of esters is 1. The Labute approximate surface area is 146 Å². The minimum absolute atomic E-state index is 0.333. The SMILES string of the molecule is O=C(Oc1ccc(SCCc2ccccc2)cc1)c1ccccc1. The average Bonchev–Trinajstić information content (AvgIpc) is 2.65. The second-order valence-corrected chi connectivity index (χ2v) is 6.48. The fourth-order valence-corrected chi connectivity index (χ4v) is 3.18. The smallest absolute Gasteiger partial charge is 0.343 e. The summed E-state index contributed by atoms with van der Waals surface area (Å²) in [5.74, 6) is 1.25. The van der Waals surface area contributed by atoms with Crippen molar-refractivity contribution in [3.05, 3.63) is 96.1 Å². The Bertz CT molecular complexity index is 768. The number of thioether (sulfide) groups is 1. The third kappa shape index (κ3) is 4.74. The van der Waals surface area contributed by atoms with E-state index in [0.717, 1.165) is 12.2 Å². The minimum atomic E-state index is -0.333. The van der Waals surface area contributed by atoms with Crippen LogP contribution in [0.5, 0.6) is 5.75 Å². The van der Waals surface area contributed by atoms with Gasteiger partial charge in [-0.1, -0.05) is 48.5 Å². The molecule has 0 N–H and O–H groups in total. The Morgan fingerprint density at radius 3 is 2.08 bits per heavy atom. The van der Waals surface area contributed by atoms with Gasteiger partial charge in [0.25, 0.3) is 0 Å². The fourth-order valence-electron chi connectivity index (χ4n) is 2.28. The first-order valence-corrected chi connectivity index (χ1v) is 8.84. The highest BCUT2D eigenvalue weighted by atomic mass is 32.2. The second-order valence-electron chi connectivity index (χ2n) is 5.31. The Morgan fingerprint density at radius 2 is 1.42 bits per heavy atom. The van der Waals surface area contributed by atoms with Crippen molar-refractivity contribution in [1.82, 2.24) is 0 Å². The number of aryl methyl sites for hydroxylation is 1. The molecule has 0 spiro atoms. The fraction of sp³-hybridized carbons (Fsp3) is 0.0952. The van der Waals surface area contributed by atoms with Gasteiger partial charge < -0.3 is 4.74 Å². The molecule has 0 unspecified atom stereocenters. The molecule has 0 fully saturated rings. The Balaban J connectivity index is 1.51. The number of carbonyl (C=O) groups excluding carboxylic acids is 1. The molecule has 3 aromatic rings. The zero-order chi connectivity index (χ0) is 16.6. The molecular formula is C21H18O2S. The van der Waals surface area contributed by atoms with Crippen LogP contribution < -0.4 is 4.74 Å². The number of benzene rings is 3. The standard InChI is InChI=1S/C21H18O2S/c22-21(18-9-5-2-6-10-18)23-19-11-13-20(14-12-19)24-16-15-17-7-3-1-4-8-17/h1-14H,15-16H2. The van der Waals surface area contributed by atoms with Crippen LogP contribution in [0.15, 0.2) is 89.8 Å². The largest absolute Gasteiger partial charge is 0.423 e. The van der Waals surface area contributed by atoms with E-state index in [9.17, 15) is 4.79 Å². The third-order valence-electron chi connectivity index (χ3n) is 3.55. The van der Waals surface area contributed by atoms with Gasteiger partial charge >= 0.3 is 5.97 Å². The molecule has 0 aliphatic heterocycles. The first-order chi connectivity index (χ1) is 11.8. The summed E-state index contributed by atoms with van der Waals surface area (Å²) in [4.78, 5) is 13.2. The zero-order valence-corrected chi connectivity index (χ0v) is 14.0. The summed E-state index contributed by atoms with van der Waals surface area (Å²) in [5, 5.41) is 0. The van der Waals surface area contributed by atoms with E-state index in [1.807, 2.05) is 48.5 Å². The monoisotopic (exact) mass is 334 g/mol. The lowest BCUT2D eigenvalue weighted by Gasteiger charge is -2.06. The van der Waals surface area contributed by atoms with Crippen molar-refractivity contribution in [2.75, 3.05) is 5.75 Å². The number of hydrogen-bond donors (Lipinski definition) is 0. The Morgan fingerprint density at radius 1 is 0.792 bits per heavy atom. The lowest BCUT2D eigenvalue weighted by atomic mass is 10.2. The average molecular weight is 334 g/mol. The van der Waals surface area contributed by atoms with Crippen LogP contribution in [0.4, 0.5) is 0 Å². The van der Waals surface area contributed by atoms with E-state index >= 15 is 0 Å². The van der Waals surface area contributed by atoms with Crippen molar-refractivity contribution in [1.29, 1.82) is 0 Å². The quantitative estimate of drug-likeness (QED) is 0.350. The molecule has 3 aromatic carbocycles. The van der Waals surface area contributed by atoms with Gasteiger partial charge in [0, 0.05) is 10.6 Å². The van der Waals surface area contributed by atoms with Crippen LogP contribution in [0.1, 0.15) is 15.9 Å². The second kappa shape index (κ2) is 8.37. The lowest BCUT2D eigenvalue weighted by molar-refractivity contribution is 0.0734. The van der Waals surface area contributed by atoms with Crippen molar-refractivity contribution in [2.24, 2.45) is 0 Å². The van der Waals surface area contributed by atoms with Gasteiger partial charge in [-0.15, -0.1) is 11.8 Å². The first kappa shape index (κ1) is 16.3. The molecule has 120 valence electrons. The summed E-state index contributed by atoms with van der Waals surface area (Å²) in [6.07, 6.45) is 1.04. The first-order valence-electron chi connectivity index (χ1n) is 7.85. The van der Waals surface area contributed by atoms with Gasteiger partial charge in [0.2, 0.25) is 0 Å². The van der Waals surface area contributed by atoms with E-state index in [0.29, 0.717) is 11.3 Å². The molecule has 0 heterocycles. The molecule has 0 radical (unpaired) electrons. The van der Waals surface area contributed by atoms with Crippen molar-refractivity contribution >= 4 is 17.7 Å². The Kier molecular flexibility index (Phi) is 5.70. The summed E-state index contributed by atoms with van der Waals surface area (Å²) in [6, 6.07) is 27.1. The number of hydrogen-bond acceptors (Lipinski definition) is 3. The molecule has 0 amide bonds. The molecule has 0 bridgehead atoms. The molecular weight excluding hydrogens is 316 g/mol. The molecule has 3 heteroatoms. The number of carbonyl (C=O) groups is 1. The van der Waals surface area contributed by atoms with Crippen LogP contribution in [0.25, 0.3) is 0 Å². The summed E-state index contributed by atoms with van der Waals surface area (Å²) >= 11 is 1.80. The van der Waals surface area contributed by atoms with Gasteiger partial charge in [0.05, 0.1) is 5.56 Å². The van der Waals surface area contributed by atoms with Gasteiger partial charge in [0.1, 0.15) is 5.75 Å². The van der Waals surface area contributed by atoms with E-state index < -0.39 is 0 Å². The number of ether oxygens (including phenoxy) is 1. The topological polar surface area (TPSA) is 26.3 Å². The van der Waals surface area contributed by atoms with E-state index in [2.05, 4.69) is 24.3 Å². The van der Waals surface area contributed by atoms with Gasteiger partial charge in [-0.3, -0.25) is 0 Å². The molecule has 2 nitrogen and oxygen atoms in total. The molecule has 0 atom stereocenters. The lowest BCUT2D eigenvalue weighted by Crippen LogP contribution is -2.07. The molecule has 0 aromatic heterocycles. The maximum Gasteiger partial charge on any atom is 0.343 e. The summed E-state index contributed by atoms with van der Waals surface area (Å²) in [6.45, 7) is 0. The summed E-state index contributed by atoms with van der Waals surface area (Å²) < 4.78 is 5.38. The number of rotatable bonds is 6. The highest BCUT2D eigenvalue weighted by Gasteiger charge is 2.07. The molecule has 24 heavy (non-hydrogen) atoms. The summed E-state index contributed by atoms with van der Waals surface area (Å²) in [7, 11) is 0. The van der Waals surface area contributed by atoms with Gasteiger partial charge in [0.15, 0.2) is 0 Å². The van der Waals surface area contributed by atoms with Crippen molar-refractivity contribution < 1.29 is 9.53 Å². The maximum absolute atomic E-state index is 12.0. The molecule has 0 aliphatic carbocycles. The molecule has 0 aliphatic rings. The maximum atomic E-state index is 12.0. The van der Waals surface area contributed by atoms with Crippen LogP contribution in [-0.2, 0) is 6.42 Å². The van der Waals surface area contributed by atoms with Gasteiger partial charge in [-0.25, -0.2) is 4.79 Å². The van der Waals surface area contributed by atoms with Crippen molar-refractivity contribution in [3.8, 4) is 5.75 Å². The highest BCUT2D eigenvalue weighted by Crippen LogP contribution is 2.23. The van der Waals surface area contributed by atoms with Crippen molar-refractivity contribution in [2.45, 2.75) is 11.3 Å². The summed E-state index contributed by atoms with van der Waals surface area (Å²) in [5.41, 5.74) is 1.90. The van der Waals surface area contributed by atoms with Gasteiger partial charge in [-0.2, -0.15) is 0 Å². The third-order valence-corrected chi connectivity index (χ3v) is 4.56. The molecule has 0 saturated carbocycles. The van der Waals surface area contributed by atoms with Crippen LogP contribution in [-0.4, -0.2) is 11.7 Å². The van der Waals surface area contributed by atoms with Crippen molar-refractivity contribution in [3.63, 3.8) is 0 Å². The van der Waals surface area contributed by atoms with E-state index in [1.165, 1.54) is 10.5 Å². The minimum Gasteiger partial charge on any atom is -0.423 e. The van der Waals surface area contributed by atoms with Crippen LogP contribution in [0.2, 0.25) is 0 Å². The normalized spacial score (nSPS) is 10.3. The predicted octanol–water partition coefficient (Wildman–Crippen LogP) is 5.24.